The molecule has 1 N–H and O–H groups in total. The average Bonchev–Trinajstić information content (AvgIpc) is 2.64. The van der Waals surface area contributed by atoms with Crippen molar-refractivity contribution in [3.05, 3.63) is 54.6 Å². The molecule has 1 aliphatic heterocycles. The zero-order valence-corrected chi connectivity index (χ0v) is 14.8. The Morgan fingerprint density at radius 3 is 2.28 bits per heavy atom. The van der Waals surface area contributed by atoms with Crippen LogP contribution in [0.15, 0.2) is 54.6 Å². The molecule has 1 heterocycles. The summed E-state index contributed by atoms with van der Waals surface area (Å²) in [6.45, 7) is 7.02. The first-order chi connectivity index (χ1) is 12.1. The third-order valence-corrected chi connectivity index (χ3v) is 4.18. The number of carbonyl (C=O) groups excluding carboxylic acids is 1. The summed E-state index contributed by atoms with van der Waals surface area (Å²) in [6.07, 6.45) is 0.0625. The first-order valence-corrected chi connectivity index (χ1v) is 8.75. The van der Waals surface area contributed by atoms with Crippen LogP contribution >= 0.6 is 0 Å². The lowest BCUT2D eigenvalue weighted by Gasteiger charge is -2.36. The third kappa shape index (κ3) is 4.44. The number of nitrogens with zero attached hydrogens (tertiary/aromatic N) is 2. The Bertz CT molecular complexity index is 695. The Kier molecular flexibility index (Phi) is 5.43. The molecule has 132 valence electrons. The molecule has 0 aliphatic carbocycles. The molecule has 2 aromatic rings. The lowest BCUT2D eigenvalue weighted by atomic mass is 10.2. The molecule has 0 spiro atoms. The fourth-order valence-electron chi connectivity index (χ4n) is 2.93. The first-order valence-electron chi connectivity index (χ1n) is 8.75. The van der Waals surface area contributed by atoms with Gasteiger partial charge in [0, 0.05) is 31.9 Å². The standard InChI is InChI=1S/C20H25N3O2/c1-16(2)25-19-11-7-6-10-18(19)21-20(24)23-14-12-22(13-15-23)17-8-4-3-5-9-17/h3-11,16H,12-15H2,1-2H3,(H,21,24). The molecule has 1 fully saturated rings. The molecule has 0 unspecified atom stereocenters. The predicted molar refractivity (Wildman–Crippen MR) is 101 cm³/mol. The van der Waals surface area contributed by atoms with Crippen molar-refractivity contribution in [2.45, 2.75) is 20.0 Å². The van der Waals surface area contributed by atoms with Gasteiger partial charge in [-0.05, 0) is 38.1 Å². The average molecular weight is 339 g/mol. The van der Waals surface area contributed by atoms with Gasteiger partial charge in [0.05, 0.1) is 11.8 Å². The summed E-state index contributed by atoms with van der Waals surface area (Å²) < 4.78 is 5.77. The van der Waals surface area contributed by atoms with Crippen LogP contribution in [0.2, 0.25) is 0 Å². The Labute approximate surface area is 149 Å². The molecule has 0 radical (unpaired) electrons. The van der Waals surface area contributed by atoms with Gasteiger partial charge >= 0.3 is 6.03 Å². The molecular weight excluding hydrogens is 314 g/mol. The van der Waals surface area contributed by atoms with E-state index in [0.29, 0.717) is 24.5 Å². The summed E-state index contributed by atoms with van der Waals surface area (Å²) in [5.74, 6) is 0.703. The molecule has 5 nitrogen and oxygen atoms in total. The predicted octanol–water partition coefficient (Wildman–Crippen LogP) is 3.83. The number of amides is 2. The van der Waals surface area contributed by atoms with Gasteiger partial charge in [-0.15, -0.1) is 0 Å². The summed E-state index contributed by atoms with van der Waals surface area (Å²) in [4.78, 5) is 16.7. The lowest BCUT2D eigenvalue weighted by molar-refractivity contribution is 0.207. The minimum atomic E-state index is -0.0764. The number of rotatable bonds is 4. The minimum Gasteiger partial charge on any atom is -0.489 e. The molecular formula is C20H25N3O2. The van der Waals surface area contributed by atoms with E-state index in [1.54, 1.807) is 0 Å². The second-order valence-corrected chi connectivity index (χ2v) is 6.40. The van der Waals surface area contributed by atoms with Crippen molar-refractivity contribution in [1.29, 1.82) is 0 Å². The van der Waals surface area contributed by atoms with E-state index in [9.17, 15) is 4.79 Å². The summed E-state index contributed by atoms with van der Waals surface area (Å²) in [5.41, 5.74) is 1.92. The van der Waals surface area contributed by atoms with Crippen LogP contribution in [0.25, 0.3) is 0 Å². The molecule has 5 heteroatoms. The maximum absolute atomic E-state index is 12.6. The van der Waals surface area contributed by atoms with Crippen molar-refractivity contribution >= 4 is 17.4 Å². The Morgan fingerprint density at radius 1 is 0.960 bits per heavy atom. The van der Waals surface area contributed by atoms with Crippen molar-refractivity contribution < 1.29 is 9.53 Å². The maximum atomic E-state index is 12.6. The molecule has 1 saturated heterocycles. The number of para-hydroxylation sites is 3. The highest BCUT2D eigenvalue weighted by atomic mass is 16.5. The van der Waals surface area contributed by atoms with E-state index >= 15 is 0 Å². The quantitative estimate of drug-likeness (QED) is 0.921. The van der Waals surface area contributed by atoms with Crippen LogP contribution in [-0.2, 0) is 0 Å². The number of benzene rings is 2. The van der Waals surface area contributed by atoms with Crippen LogP contribution in [0.1, 0.15) is 13.8 Å². The Hall–Kier alpha value is -2.69. The number of ether oxygens (including phenoxy) is 1. The van der Waals surface area contributed by atoms with Crippen LogP contribution in [0.5, 0.6) is 5.75 Å². The number of urea groups is 1. The fraction of sp³-hybridized carbons (Fsp3) is 0.350. The lowest BCUT2D eigenvalue weighted by Crippen LogP contribution is -2.50. The number of anilines is 2. The van der Waals surface area contributed by atoms with Crippen molar-refractivity contribution in [1.82, 2.24) is 4.90 Å². The topological polar surface area (TPSA) is 44.8 Å². The molecule has 0 saturated carbocycles. The smallest absolute Gasteiger partial charge is 0.322 e. The normalized spacial score (nSPS) is 14.5. The Balaban J connectivity index is 1.58. The van der Waals surface area contributed by atoms with E-state index in [0.717, 1.165) is 13.1 Å². The highest BCUT2D eigenvalue weighted by Crippen LogP contribution is 2.25. The molecule has 2 amide bonds. The SMILES string of the molecule is CC(C)Oc1ccccc1NC(=O)N1CCN(c2ccccc2)CC1. The third-order valence-electron chi connectivity index (χ3n) is 4.18. The summed E-state index contributed by atoms with van der Waals surface area (Å²) >= 11 is 0. The van der Waals surface area contributed by atoms with E-state index in [1.165, 1.54) is 5.69 Å². The van der Waals surface area contributed by atoms with Gasteiger partial charge in [0.15, 0.2) is 0 Å². The zero-order chi connectivity index (χ0) is 17.6. The highest BCUT2D eigenvalue weighted by molar-refractivity contribution is 5.91. The second kappa shape index (κ2) is 7.92. The molecule has 0 bridgehead atoms. The highest BCUT2D eigenvalue weighted by Gasteiger charge is 2.22. The number of hydrogen-bond donors (Lipinski definition) is 1. The first kappa shape index (κ1) is 17.1. The van der Waals surface area contributed by atoms with Crippen LogP contribution < -0.4 is 15.0 Å². The van der Waals surface area contributed by atoms with Gasteiger partial charge in [-0.3, -0.25) is 0 Å². The number of nitrogens with one attached hydrogen (secondary N) is 1. The zero-order valence-electron chi connectivity index (χ0n) is 14.8. The number of hydrogen-bond acceptors (Lipinski definition) is 3. The number of carbonyl (C=O) groups is 1. The molecule has 0 aromatic heterocycles. The fourth-order valence-corrected chi connectivity index (χ4v) is 2.93. The van der Waals surface area contributed by atoms with Crippen LogP contribution in [0, 0.1) is 0 Å². The van der Waals surface area contributed by atoms with Crippen LogP contribution in [0.4, 0.5) is 16.2 Å². The van der Waals surface area contributed by atoms with Crippen molar-refractivity contribution in [3.63, 3.8) is 0 Å². The van der Waals surface area contributed by atoms with Crippen molar-refractivity contribution in [3.8, 4) is 5.75 Å². The van der Waals surface area contributed by atoms with Gasteiger partial charge in [0.25, 0.3) is 0 Å². The molecule has 1 aliphatic rings. The monoisotopic (exact) mass is 339 g/mol. The van der Waals surface area contributed by atoms with Crippen molar-refractivity contribution in [2.24, 2.45) is 0 Å². The van der Waals surface area contributed by atoms with Gasteiger partial charge in [-0.1, -0.05) is 30.3 Å². The molecule has 3 rings (SSSR count). The van der Waals surface area contributed by atoms with Gasteiger partial charge in [-0.2, -0.15) is 0 Å². The van der Waals surface area contributed by atoms with E-state index in [-0.39, 0.29) is 12.1 Å². The van der Waals surface area contributed by atoms with E-state index < -0.39 is 0 Å². The molecule has 25 heavy (non-hydrogen) atoms. The van der Waals surface area contributed by atoms with Gasteiger partial charge in [0.2, 0.25) is 0 Å². The van der Waals surface area contributed by atoms with Crippen LogP contribution in [-0.4, -0.2) is 43.2 Å². The summed E-state index contributed by atoms with van der Waals surface area (Å²) in [5, 5.41) is 2.98. The Morgan fingerprint density at radius 2 is 1.60 bits per heavy atom. The minimum absolute atomic E-state index is 0.0625. The van der Waals surface area contributed by atoms with Gasteiger partial charge in [-0.25, -0.2) is 4.79 Å². The maximum Gasteiger partial charge on any atom is 0.322 e. The molecule has 2 aromatic carbocycles. The molecule has 0 atom stereocenters. The second-order valence-electron chi connectivity index (χ2n) is 6.40. The van der Waals surface area contributed by atoms with E-state index in [4.69, 9.17) is 4.74 Å². The van der Waals surface area contributed by atoms with Crippen LogP contribution in [0.3, 0.4) is 0 Å². The summed E-state index contributed by atoms with van der Waals surface area (Å²) in [7, 11) is 0. The summed E-state index contributed by atoms with van der Waals surface area (Å²) in [6, 6.07) is 17.8. The number of piperazine rings is 1. The van der Waals surface area contributed by atoms with E-state index in [1.807, 2.05) is 61.2 Å². The van der Waals surface area contributed by atoms with Gasteiger partial charge < -0.3 is 19.9 Å². The van der Waals surface area contributed by atoms with Gasteiger partial charge in [0.1, 0.15) is 5.75 Å². The largest absolute Gasteiger partial charge is 0.489 e. The van der Waals surface area contributed by atoms with E-state index in [2.05, 4.69) is 22.3 Å². The van der Waals surface area contributed by atoms with Crippen molar-refractivity contribution in [2.75, 3.05) is 36.4 Å².